The van der Waals surface area contributed by atoms with Crippen LogP contribution in [0.5, 0.6) is 0 Å². The van der Waals surface area contributed by atoms with Crippen molar-refractivity contribution in [2.45, 2.75) is 64.1 Å². The largest absolute Gasteiger partial charge is 0.275 e. The second-order valence-corrected chi connectivity index (χ2v) is 4.00. The molecule has 2 unspecified atom stereocenters. The summed E-state index contributed by atoms with van der Waals surface area (Å²) >= 11 is 0. The molecule has 1 saturated heterocycles. The number of hydroxylamine groups is 2. The second-order valence-electron chi connectivity index (χ2n) is 4.00. The average molecular weight is 169 g/mol. The lowest BCUT2D eigenvalue weighted by Gasteiger charge is -2.20. The van der Waals surface area contributed by atoms with Crippen molar-refractivity contribution < 1.29 is 4.84 Å². The molecule has 0 N–H and O–H groups in total. The van der Waals surface area contributed by atoms with Gasteiger partial charge in [-0.2, -0.15) is 5.06 Å². The molecule has 0 amide bonds. The third-order valence-electron chi connectivity index (χ3n) is 2.95. The van der Waals surface area contributed by atoms with Crippen LogP contribution >= 0.6 is 0 Å². The van der Waals surface area contributed by atoms with Gasteiger partial charge >= 0.3 is 0 Å². The molecule has 2 atom stereocenters. The summed E-state index contributed by atoms with van der Waals surface area (Å²) in [5.41, 5.74) is 0. The average Bonchev–Trinajstić information content (AvgIpc) is 2.87. The normalized spacial score (nSPS) is 36.8. The minimum atomic E-state index is 0.484. The van der Waals surface area contributed by atoms with Crippen LogP contribution in [0, 0.1) is 0 Å². The van der Waals surface area contributed by atoms with E-state index in [2.05, 4.69) is 12.0 Å². The van der Waals surface area contributed by atoms with Gasteiger partial charge in [-0.05, 0) is 19.3 Å². The van der Waals surface area contributed by atoms with E-state index < -0.39 is 0 Å². The van der Waals surface area contributed by atoms with Crippen LogP contribution < -0.4 is 0 Å². The third-order valence-corrected chi connectivity index (χ3v) is 2.95. The monoisotopic (exact) mass is 169 g/mol. The Morgan fingerprint density at radius 1 is 1.25 bits per heavy atom. The summed E-state index contributed by atoms with van der Waals surface area (Å²) in [7, 11) is 0. The Kier molecular flexibility index (Phi) is 2.66. The molecule has 2 fully saturated rings. The predicted molar refractivity (Wildman–Crippen MR) is 48.5 cm³/mol. The minimum Gasteiger partial charge on any atom is -0.275 e. The van der Waals surface area contributed by atoms with Gasteiger partial charge in [0.15, 0.2) is 6.23 Å². The van der Waals surface area contributed by atoms with Crippen LogP contribution in [0.25, 0.3) is 0 Å². The van der Waals surface area contributed by atoms with Gasteiger partial charge in [0.1, 0.15) is 0 Å². The van der Waals surface area contributed by atoms with Gasteiger partial charge in [0.2, 0.25) is 0 Å². The molecule has 2 heteroatoms. The van der Waals surface area contributed by atoms with Crippen molar-refractivity contribution in [3.8, 4) is 0 Å². The van der Waals surface area contributed by atoms with E-state index >= 15 is 0 Å². The molecule has 0 spiro atoms. The molecule has 12 heavy (non-hydrogen) atoms. The summed E-state index contributed by atoms with van der Waals surface area (Å²) < 4.78 is 0. The lowest BCUT2D eigenvalue weighted by molar-refractivity contribution is 0.119. The third kappa shape index (κ3) is 1.80. The lowest BCUT2D eigenvalue weighted by Crippen LogP contribution is -2.23. The van der Waals surface area contributed by atoms with Crippen molar-refractivity contribution in [3.05, 3.63) is 0 Å². The quantitative estimate of drug-likeness (QED) is 0.604. The van der Waals surface area contributed by atoms with Crippen LogP contribution in [-0.4, -0.2) is 17.3 Å². The molecule has 1 saturated carbocycles. The van der Waals surface area contributed by atoms with E-state index in [9.17, 15) is 0 Å². The molecular formula is C10H19NO. The van der Waals surface area contributed by atoms with E-state index in [1.807, 2.05) is 0 Å². The summed E-state index contributed by atoms with van der Waals surface area (Å²) in [6.45, 7) is 2.22. The zero-order valence-corrected chi connectivity index (χ0v) is 7.96. The predicted octanol–water partition coefficient (Wildman–Crippen LogP) is 2.69. The zero-order valence-electron chi connectivity index (χ0n) is 7.96. The summed E-state index contributed by atoms with van der Waals surface area (Å²) in [6.07, 6.45) is 9.92. The van der Waals surface area contributed by atoms with Gasteiger partial charge in [-0.15, -0.1) is 0 Å². The van der Waals surface area contributed by atoms with Gasteiger partial charge in [-0.3, -0.25) is 4.84 Å². The van der Waals surface area contributed by atoms with E-state index in [0.29, 0.717) is 6.23 Å². The molecule has 0 bridgehead atoms. The van der Waals surface area contributed by atoms with Crippen molar-refractivity contribution in [2.24, 2.45) is 0 Å². The summed E-state index contributed by atoms with van der Waals surface area (Å²) in [6, 6.07) is 0.760. The Balaban J connectivity index is 1.72. The highest BCUT2D eigenvalue weighted by atomic mass is 16.8. The molecule has 0 aromatic rings. The lowest BCUT2D eigenvalue weighted by atomic mass is 9.95. The molecule has 2 aliphatic rings. The van der Waals surface area contributed by atoms with E-state index in [0.717, 1.165) is 6.04 Å². The van der Waals surface area contributed by atoms with Crippen molar-refractivity contribution in [1.29, 1.82) is 0 Å². The Hall–Kier alpha value is -0.0800. The van der Waals surface area contributed by atoms with Crippen LogP contribution in [0.1, 0.15) is 51.9 Å². The van der Waals surface area contributed by atoms with Crippen molar-refractivity contribution >= 4 is 0 Å². The topological polar surface area (TPSA) is 15.5 Å². The fraction of sp³-hybridized carbons (Fsp3) is 1.00. The molecule has 1 aliphatic carbocycles. The fourth-order valence-electron chi connectivity index (χ4n) is 2.20. The maximum Gasteiger partial charge on any atom is 0.154 e. The molecule has 0 aromatic carbocycles. The zero-order chi connectivity index (χ0) is 8.39. The Morgan fingerprint density at radius 2 is 2.00 bits per heavy atom. The van der Waals surface area contributed by atoms with Gasteiger partial charge in [-0.25, -0.2) is 0 Å². The Labute approximate surface area is 74.8 Å². The first-order valence-electron chi connectivity index (χ1n) is 5.37. The van der Waals surface area contributed by atoms with E-state index in [-0.39, 0.29) is 0 Å². The molecule has 2 rings (SSSR count). The van der Waals surface area contributed by atoms with Crippen LogP contribution in [0.15, 0.2) is 0 Å². The summed E-state index contributed by atoms with van der Waals surface area (Å²) in [5.74, 6) is 0. The first-order chi connectivity index (χ1) is 5.92. The summed E-state index contributed by atoms with van der Waals surface area (Å²) in [4.78, 5) is 5.53. The number of nitrogens with zero attached hydrogens (tertiary/aromatic N) is 1. The standard InChI is InChI=1S/C10H19NO/c1-2-6-10-11(12-10)9-7-4-3-5-8-9/h9-10H,2-8H2,1H3. The van der Waals surface area contributed by atoms with E-state index in [1.54, 1.807) is 0 Å². The molecule has 0 radical (unpaired) electrons. The smallest absolute Gasteiger partial charge is 0.154 e. The first-order valence-corrected chi connectivity index (χ1v) is 5.37. The van der Waals surface area contributed by atoms with Crippen molar-refractivity contribution in [1.82, 2.24) is 5.06 Å². The Bertz CT molecular complexity index is 143. The number of hydrogen-bond donors (Lipinski definition) is 0. The summed E-state index contributed by atoms with van der Waals surface area (Å²) in [5, 5.41) is 2.24. The molecule has 0 aromatic heterocycles. The van der Waals surface area contributed by atoms with Crippen LogP contribution in [-0.2, 0) is 4.84 Å². The van der Waals surface area contributed by atoms with Gasteiger partial charge in [-0.1, -0.05) is 32.6 Å². The van der Waals surface area contributed by atoms with Crippen molar-refractivity contribution in [2.75, 3.05) is 0 Å². The van der Waals surface area contributed by atoms with Gasteiger partial charge in [0.25, 0.3) is 0 Å². The highest BCUT2D eigenvalue weighted by Crippen LogP contribution is 2.34. The van der Waals surface area contributed by atoms with E-state index in [1.165, 1.54) is 44.9 Å². The van der Waals surface area contributed by atoms with Gasteiger partial charge in [0.05, 0.1) is 0 Å². The van der Waals surface area contributed by atoms with Crippen molar-refractivity contribution in [3.63, 3.8) is 0 Å². The molecule has 2 nitrogen and oxygen atoms in total. The molecule has 1 heterocycles. The van der Waals surface area contributed by atoms with Crippen LogP contribution in [0.2, 0.25) is 0 Å². The van der Waals surface area contributed by atoms with E-state index in [4.69, 9.17) is 4.84 Å². The van der Waals surface area contributed by atoms with Gasteiger partial charge < -0.3 is 0 Å². The molecule has 1 aliphatic heterocycles. The maximum absolute atomic E-state index is 5.53. The number of rotatable bonds is 3. The number of hydrogen-bond acceptors (Lipinski definition) is 2. The second kappa shape index (κ2) is 3.75. The molecular weight excluding hydrogens is 150 g/mol. The first kappa shape index (κ1) is 8.52. The fourth-order valence-corrected chi connectivity index (χ4v) is 2.20. The Morgan fingerprint density at radius 3 is 2.67 bits per heavy atom. The SMILES string of the molecule is CCCC1ON1C1CCCCC1. The highest BCUT2D eigenvalue weighted by Gasteiger charge is 2.41. The van der Waals surface area contributed by atoms with Crippen LogP contribution in [0.3, 0.4) is 0 Å². The maximum atomic E-state index is 5.53. The van der Waals surface area contributed by atoms with Gasteiger partial charge in [0, 0.05) is 6.04 Å². The highest BCUT2D eigenvalue weighted by molar-refractivity contribution is 4.78. The molecule has 70 valence electrons. The van der Waals surface area contributed by atoms with Crippen LogP contribution in [0.4, 0.5) is 0 Å². The minimum absolute atomic E-state index is 0.484.